The molecule has 1 atom stereocenters. The van der Waals surface area contributed by atoms with E-state index in [-0.39, 0.29) is 24.2 Å². The Morgan fingerprint density at radius 2 is 2.15 bits per heavy atom. The Morgan fingerprint density at radius 1 is 1.54 bits per heavy atom. The van der Waals surface area contributed by atoms with Crippen molar-refractivity contribution in [3.05, 3.63) is 0 Å². The molecule has 0 fully saturated rings. The van der Waals surface area contributed by atoms with Crippen molar-refractivity contribution >= 4 is 23.5 Å². The summed E-state index contributed by atoms with van der Waals surface area (Å²) in [7, 11) is 1.33. The number of ketones is 1. The van der Waals surface area contributed by atoms with Crippen molar-refractivity contribution in [2.75, 3.05) is 25.2 Å². The third-order valence-electron chi connectivity index (χ3n) is 1.44. The zero-order valence-corrected chi connectivity index (χ0v) is 8.73. The summed E-state index contributed by atoms with van der Waals surface area (Å²) >= 11 is 1.41. The average Bonchev–Trinajstić information content (AvgIpc) is 2.11. The van der Waals surface area contributed by atoms with Gasteiger partial charge in [-0.1, -0.05) is 0 Å². The minimum atomic E-state index is -0.307. The monoisotopic (exact) mass is 205 g/mol. The number of rotatable bonds is 6. The maximum Gasteiger partial charge on any atom is 0.310 e. The molecule has 13 heavy (non-hydrogen) atoms. The van der Waals surface area contributed by atoms with Gasteiger partial charge in [-0.25, -0.2) is 0 Å². The Morgan fingerprint density at radius 3 is 2.54 bits per heavy atom. The second-order valence-electron chi connectivity index (χ2n) is 2.67. The fraction of sp³-hybridized carbons (Fsp3) is 0.750. The summed E-state index contributed by atoms with van der Waals surface area (Å²) < 4.78 is 4.54. The third kappa shape index (κ3) is 5.65. The van der Waals surface area contributed by atoms with Crippen molar-refractivity contribution in [3.8, 4) is 0 Å². The summed E-state index contributed by atoms with van der Waals surface area (Å²) in [6.07, 6.45) is 0. The molecule has 0 aromatic rings. The van der Waals surface area contributed by atoms with Crippen molar-refractivity contribution in [3.63, 3.8) is 0 Å². The Bertz CT molecular complexity index is 184. The SMILES string of the molecule is COC(=O)C(CN)CSCC(C)=O. The molecule has 0 spiro atoms. The van der Waals surface area contributed by atoms with E-state index >= 15 is 0 Å². The Hall–Kier alpha value is -0.550. The summed E-state index contributed by atoms with van der Waals surface area (Å²) in [4.78, 5) is 21.6. The summed E-state index contributed by atoms with van der Waals surface area (Å²) in [6.45, 7) is 1.78. The van der Waals surface area contributed by atoms with Crippen LogP contribution < -0.4 is 5.73 Å². The molecule has 0 aliphatic rings. The molecule has 0 aromatic heterocycles. The van der Waals surface area contributed by atoms with Crippen LogP contribution in [-0.2, 0) is 14.3 Å². The summed E-state index contributed by atoms with van der Waals surface area (Å²) in [5, 5.41) is 0. The molecule has 2 N–H and O–H groups in total. The van der Waals surface area contributed by atoms with E-state index in [0.717, 1.165) is 0 Å². The summed E-state index contributed by atoms with van der Waals surface area (Å²) in [5.41, 5.74) is 5.37. The van der Waals surface area contributed by atoms with Crippen LogP contribution in [0.2, 0.25) is 0 Å². The number of Topliss-reactive ketones (excluding diaryl/α,β-unsaturated/α-hetero) is 1. The largest absolute Gasteiger partial charge is 0.469 e. The van der Waals surface area contributed by atoms with Gasteiger partial charge < -0.3 is 10.5 Å². The molecule has 0 aliphatic carbocycles. The van der Waals surface area contributed by atoms with E-state index in [1.165, 1.54) is 25.8 Å². The number of thioether (sulfide) groups is 1. The molecular weight excluding hydrogens is 190 g/mol. The van der Waals surface area contributed by atoms with E-state index < -0.39 is 0 Å². The van der Waals surface area contributed by atoms with Gasteiger partial charge >= 0.3 is 5.97 Å². The summed E-state index contributed by atoms with van der Waals surface area (Å²) in [6, 6.07) is 0. The van der Waals surface area contributed by atoms with Crippen LogP contribution in [0.5, 0.6) is 0 Å². The predicted octanol–water partition coefficient (Wildman–Crippen LogP) is 0.0565. The van der Waals surface area contributed by atoms with Gasteiger partial charge in [-0.05, 0) is 6.92 Å². The van der Waals surface area contributed by atoms with E-state index in [9.17, 15) is 9.59 Å². The van der Waals surface area contributed by atoms with E-state index in [2.05, 4.69) is 4.74 Å². The second-order valence-corrected chi connectivity index (χ2v) is 3.70. The van der Waals surface area contributed by atoms with Crippen molar-refractivity contribution < 1.29 is 14.3 Å². The van der Waals surface area contributed by atoms with Gasteiger partial charge in [0.05, 0.1) is 18.8 Å². The molecule has 5 heteroatoms. The maximum absolute atomic E-state index is 11.0. The number of ether oxygens (including phenoxy) is 1. The lowest BCUT2D eigenvalue weighted by Gasteiger charge is -2.10. The number of hydrogen-bond acceptors (Lipinski definition) is 5. The van der Waals surface area contributed by atoms with Crippen LogP contribution in [0.4, 0.5) is 0 Å². The molecule has 76 valence electrons. The molecule has 0 bridgehead atoms. The van der Waals surface area contributed by atoms with Crippen molar-refractivity contribution in [2.45, 2.75) is 6.92 Å². The molecule has 0 aliphatic heterocycles. The number of esters is 1. The fourth-order valence-corrected chi connectivity index (χ4v) is 1.71. The molecule has 1 unspecified atom stereocenters. The summed E-state index contributed by atoms with van der Waals surface area (Å²) in [5.74, 6) is 0.467. The Labute approximate surface area is 82.2 Å². The van der Waals surface area contributed by atoms with Crippen LogP contribution in [0, 0.1) is 5.92 Å². The molecule has 0 heterocycles. The minimum absolute atomic E-state index is 0.102. The molecule has 0 rings (SSSR count). The normalized spacial score (nSPS) is 12.2. The maximum atomic E-state index is 11.0. The van der Waals surface area contributed by atoms with Crippen LogP contribution in [-0.4, -0.2) is 36.9 Å². The Balaban J connectivity index is 3.72. The highest BCUT2D eigenvalue weighted by Gasteiger charge is 2.16. The first-order chi connectivity index (χ1) is 6.11. The highest BCUT2D eigenvalue weighted by Crippen LogP contribution is 2.09. The molecule has 0 saturated carbocycles. The standard InChI is InChI=1S/C8H15NO3S/c1-6(10)4-13-5-7(3-9)8(11)12-2/h7H,3-5,9H2,1-2H3. The van der Waals surface area contributed by atoms with Crippen LogP contribution in [0.15, 0.2) is 0 Å². The molecular formula is C8H15NO3S. The molecule has 0 aromatic carbocycles. The Kier molecular flexibility index (Phi) is 6.62. The highest BCUT2D eigenvalue weighted by molar-refractivity contribution is 7.99. The smallest absolute Gasteiger partial charge is 0.310 e. The van der Waals surface area contributed by atoms with Crippen molar-refractivity contribution in [1.82, 2.24) is 0 Å². The van der Waals surface area contributed by atoms with Gasteiger partial charge in [-0.2, -0.15) is 11.8 Å². The van der Waals surface area contributed by atoms with Gasteiger partial charge in [0, 0.05) is 12.3 Å². The van der Waals surface area contributed by atoms with Crippen LogP contribution in [0.25, 0.3) is 0 Å². The van der Waals surface area contributed by atoms with E-state index in [1.54, 1.807) is 0 Å². The number of carbonyl (C=O) groups is 2. The first-order valence-electron chi connectivity index (χ1n) is 3.96. The van der Waals surface area contributed by atoms with E-state index in [4.69, 9.17) is 5.73 Å². The van der Waals surface area contributed by atoms with Crippen LogP contribution >= 0.6 is 11.8 Å². The van der Waals surface area contributed by atoms with E-state index in [1.807, 2.05) is 0 Å². The number of methoxy groups -OCH3 is 1. The zero-order chi connectivity index (χ0) is 10.3. The number of nitrogens with two attached hydrogens (primary N) is 1. The van der Waals surface area contributed by atoms with E-state index in [0.29, 0.717) is 11.5 Å². The highest BCUT2D eigenvalue weighted by atomic mass is 32.2. The topological polar surface area (TPSA) is 69.4 Å². The van der Waals surface area contributed by atoms with Crippen LogP contribution in [0.1, 0.15) is 6.92 Å². The second kappa shape index (κ2) is 6.91. The van der Waals surface area contributed by atoms with Gasteiger partial charge in [0.2, 0.25) is 0 Å². The minimum Gasteiger partial charge on any atom is -0.469 e. The molecule has 0 saturated heterocycles. The number of carbonyl (C=O) groups excluding carboxylic acids is 2. The fourth-order valence-electron chi connectivity index (χ4n) is 0.744. The van der Waals surface area contributed by atoms with Gasteiger partial charge in [-0.3, -0.25) is 9.59 Å². The van der Waals surface area contributed by atoms with Crippen molar-refractivity contribution in [1.29, 1.82) is 0 Å². The van der Waals surface area contributed by atoms with Gasteiger partial charge in [0.25, 0.3) is 0 Å². The number of hydrogen-bond donors (Lipinski definition) is 1. The van der Waals surface area contributed by atoms with Gasteiger partial charge in [0.15, 0.2) is 0 Å². The first-order valence-corrected chi connectivity index (χ1v) is 5.12. The molecule has 4 nitrogen and oxygen atoms in total. The van der Waals surface area contributed by atoms with Crippen LogP contribution in [0.3, 0.4) is 0 Å². The molecule has 0 radical (unpaired) electrons. The lowest BCUT2D eigenvalue weighted by molar-refractivity contribution is -0.144. The average molecular weight is 205 g/mol. The predicted molar refractivity (Wildman–Crippen MR) is 52.6 cm³/mol. The lowest BCUT2D eigenvalue weighted by Crippen LogP contribution is -2.27. The lowest BCUT2D eigenvalue weighted by atomic mass is 10.2. The zero-order valence-electron chi connectivity index (χ0n) is 7.91. The molecule has 0 amide bonds. The third-order valence-corrected chi connectivity index (χ3v) is 2.69. The quantitative estimate of drug-likeness (QED) is 0.621. The van der Waals surface area contributed by atoms with Gasteiger partial charge in [-0.15, -0.1) is 0 Å². The first kappa shape index (κ1) is 12.4. The van der Waals surface area contributed by atoms with Gasteiger partial charge in [0.1, 0.15) is 5.78 Å². The van der Waals surface area contributed by atoms with Crippen molar-refractivity contribution in [2.24, 2.45) is 11.7 Å².